The van der Waals surface area contributed by atoms with Gasteiger partial charge in [0.2, 0.25) is 5.89 Å². The molecule has 0 saturated carbocycles. The molecule has 7 heteroatoms. The van der Waals surface area contributed by atoms with Crippen LogP contribution in [-0.2, 0) is 6.42 Å². The number of aromatic nitrogens is 4. The second-order valence-electron chi connectivity index (χ2n) is 6.04. The van der Waals surface area contributed by atoms with Gasteiger partial charge in [0.25, 0.3) is 12.0 Å². The molecule has 0 fully saturated rings. The van der Waals surface area contributed by atoms with E-state index in [1.807, 2.05) is 65.2 Å². The lowest BCUT2D eigenvalue weighted by atomic mass is 10.0. The lowest BCUT2D eigenvalue weighted by Gasteiger charge is -2.09. The van der Waals surface area contributed by atoms with Crippen LogP contribution in [-0.4, -0.2) is 36.3 Å². The number of hydrogen-bond donors (Lipinski definition) is 0. The van der Waals surface area contributed by atoms with Crippen LogP contribution in [0.15, 0.2) is 65.2 Å². The van der Waals surface area contributed by atoms with Gasteiger partial charge in [-0.05, 0) is 11.6 Å². The summed E-state index contributed by atoms with van der Waals surface area (Å²) in [6, 6.07) is 20.5. The predicted octanol–water partition coefficient (Wildman–Crippen LogP) is 3.74. The van der Waals surface area contributed by atoms with E-state index < -0.39 is 0 Å². The molecule has 0 aliphatic carbocycles. The standard InChI is InChI=1S/C20H18N4O2.Al.H/c1-2-9-16-21-19(23-26-16)24-18(15-12-7-4-8-13-15)17(22-20(24)25)14-10-5-3-6-11-14;;/h3-8,10-13H,2,9H2,1H3,(H,22,25);;/q;+1;/p-1. The van der Waals surface area contributed by atoms with E-state index in [1.54, 1.807) is 0 Å². The third kappa shape index (κ3) is 3.40. The first kappa shape index (κ1) is 17.5. The van der Waals surface area contributed by atoms with Crippen LogP contribution in [0.5, 0.6) is 6.01 Å². The molecule has 2 heterocycles. The van der Waals surface area contributed by atoms with E-state index in [1.165, 1.54) is 16.6 Å². The Morgan fingerprint density at radius 2 is 1.63 bits per heavy atom. The highest BCUT2D eigenvalue weighted by atomic mass is 27.1. The first-order valence-corrected chi connectivity index (χ1v) is 9.38. The van der Waals surface area contributed by atoms with Gasteiger partial charge < -0.3 is 8.31 Å². The van der Waals surface area contributed by atoms with Gasteiger partial charge in [-0.1, -0.05) is 67.6 Å². The smallest absolute Gasteiger partial charge is 0.497 e. The first-order chi connectivity index (χ1) is 13.3. The van der Waals surface area contributed by atoms with E-state index in [2.05, 4.69) is 17.1 Å². The van der Waals surface area contributed by atoms with Crippen molar-refractivity contribution in [1.82, 2.24) is 19.7 Å². The highest BCUT2D eigenvalue weighted by Gasteiger charge is 2.24. The lowest BCUT2D eigenvalue weighted by Crippen LogP contribution is -2.03. The zero-order chi connectivity index (χ0) is 18.6. The van der Waals surface area contributed by atoms with Gasteiger partial charge in [-0.25, -0.2) is 4.57 Å². The summed E-state index contributed by atoms with van der Waals surface area (Å²) in [6.07, 6.45) is 1.67. The van der Waals surface area contributed by atoms with Gasteiger partial charge in [0.15, 0.2) is 0 Å². The number of imidazole rings is 1. The highest BCUT2D eigenvalue weighted by Crippen LogP contribution is 2.36. The molecule has 2 aromatic carbocycles. The van der Waals surface area contributed by atoms with Crippen molar-refractivity contribution in [2.75, 3.05) is 0 Å². The van der Waals surface area contributed by atoms with E-state index in [-0.39, 0.29) is 0 Å². The average molecular weight is 373 g/mol. The molecule has 0 spiro atoms. The molecule has 6 nitrogen and oxygen atoms in total. The second-order valence-corrected chi connectivity index (χ2v) is 6.33. The molecule has 0 amide bonds. The van der Waals surface area contributed by atoms with Crippen molar-refractivity contribution in [1.29, 1.82) is 0 Å². The summed E-state index contributed by atoms with van der Waals surface area (Å²) in [5.74, 6) is 1.03. The fourth-order valence-electron chi connectivity index (χ4n) is 2.99. The average Bonchev–Trinajstić information content (AvgIpc) is 3.33. The normalized spacial score (nSPS) is 10.9. The van der Waals surface area contributed by atoms with Crippen LogP contribution in [0, 0.1) is 0 Å². The van der Waals surface area contributed by atoms with Gasteiger partial charge in [0, 0.05) is 17.5 Å². The number of nitrogens with zero attached hydrogens (tertiary/aromatic N) is 4. The number of rotatable bonds is 6. The zero-order valence-corrected chi connectivity index (χ0v) is 16.4. The van der Waals surface area contributed by atoms with E-state index >= 15 is 0 Å². The minimum atomic E-state index is 0.425. The van der Waals surface area contributed by atoms with Crippen molar-refractivity contribution in [3.63, 3.8) is 0 Å². The minimum Gasteiger partial charge on any atom is -0.623 e. The third-order valence-corrected chi connectivity index (χ3v) is 4.45. The van der Waals surface area contributed by atoms with Crippen LogP contribution in [0.25, 0.3) is 28.5 Å². The molecular formula is C20H18AlN4O2. The fraction of sp³-hybridized carbons (Fsp3) is 0.150. The molecule has 2 aromatic heterocycles. The van der Waals surface area contributed by atoms with Crippen molar-refractivity contribution >= 4 is 16.6 Å². The van der Waals surface area contributed by atoms with Gasteiger partial charge in [-0.3, -0.25) is 0 Å². The fourth-order valence-corrected chi connectivity index (χ4v) is 3.19. The Morgan fingerprint density at radius 1 is 0.963 bits per heavy atom. The first-order valence-electron chi connectivity index (χ1n) is 8.80. The Morgan fingerprint density at radius 3 is 2.26 bits per heavy atom. The molecule has 1 radical (unpaired) electrons. The predicted molar refractivity (Wildman–Crippen MR) is 104 cm³/mol. The molecule has 0 unspecified atom stereocenters. The van der Waals surface area contributed by atoms with Gasteiger partial charge in [-0.2, -0.15) is 9.97 Å². The summed E-state index contributed by atoms with van der Waals surface area (Å²) >= 11 is 1.37. The number of hydrogen-bond acceptors (Lipinski definition) is 5. The summed E-state index contributed by atoms with van der Waals surface area (Å²) < 4.78 is 12.8. The molecule has 4 rings (SSSR count). The zero-order valence-electron chi connectivity index (χ0n) is 15.0. The van der Waals surface area contributed by atoms with Crippen LogP contribution in [0.2, 0.25) is 0 Å². The summed E-state index contributed by atoms with van der Waals surface area (Å²) in [5.41, 5.74) is 3.67. The molecule has 133 valence electrons. The van der Waals surface area contributed by atoms with Crippen LogP contribution < -0.4 is 3.79 Å². The lowest BCUT2D eigenvalue weighted by molar-refractivity contribution is 0.374. The van der Waals surface area contributed by atoms with Crippen molar-refractivity contribution in [2.24, 2.45) is 0 Å². The van der Waals surface area contributed by atoms with Crippen molar-refractivity contribution in [3.05, 3.63) is 66.6 Å². The Hall–Kier alpha value is -2.88. The van der Waals surface area contributed by atoms with Crippen LogP contribution in [0.1, 0.15) is 19.2 Å². The summed E-state index contributed by atoms with van der Waals surface area (Å²) in [7, 11) is 0. The van der Waals surface area contributed by atoms with Crippen LogP contribution in [0.4, 0.5) is 0 Å². The van der Waals surface area contributed by atoms with Crippen LogP contribution in [0.3, 0.4) is 0 Å². The Balaban J connectivity index is 1.97. The minimum absolute atomic E-state index is 0.425. The summed E-state index contributed by atoms with van der Waals surface area (Å²) in [4.78, 5) is 9.27. The largest absolute Gasteiger partial charge is 0.623 e. The maximum atomic E-state index is 5.59. The SMILES string of the molecule is CCCc1nc(-n2c([O][AlH])nc(-c3ccccc3)c2-c2ccccc2)no1. The van der Waals surface area contributed by atoms with E-state index in [9.17, 15) is 0 Å². The Bertz CT molecular complexity index is 1030. The van der Waals surface area contributed by atoms with Crippen molar-refractivity contribution < 1.29 is 8.31 Å². The van der Waals surface area contributed by atoms with E-state index in [0.29, 0.717) is 17.8 Å². The topological polar surface area (TPSA) is 66.0 Å². The second kappa shape index (κ2) is 7.79. The maximum absolute atomic E-state index is 5.59. The molecule has 4 aromatic rings. The van der Waals surface area contributed by atoms with Gasteiger partial charge >= 0.3 is 16.6 Å². The molecule has 27 heavy (non-hydrogen) atoms. The molecule has 0 saturated heterocycles. The van der Waals surface area contributed by atoms with E-state index in [0.717, 1.165) is 35.4 Å². The summed E-state index contributed by atoms with van der Waals surface area (Å²) in [5, 5.41) is 4.17. The molecular weight excluding hydrogens is 355 g/mol. The van der Waals surface area contributed by atoms with Crippen LogP contribution >= 0.6 is 0 Å². The monoisotopic (exact) mass is 373 g/mol. The Labute approximate surface area is 165 Å². The van der Waals surface area contributed by atoms with Gasteiger partial charge in [-0.15, -0.1) is 0 Å². The molecule has 0 N–H and O–H groups in total. The third-order valence-electron chi connectivity index (χ3n) is 4.19. The maximum Gasteiger partial charge on any atom is 0.497 e. The highest BCUT2D eigenvalue weighted by molar-refractivity contribution is 6.00. The molecule has 0 atom stereocenters. The molecule has 0 aliphatic heterocycles. The van der Waals surface area contributed by atoms with Gasteiger partial charge in [0.05, 0.1) is 5.69 Å². The van der Waals surface area contributed by atoms with Gasteiger partial charge in [0.1, 0.15) is 5.69 Å². The number of aryl methyl sites for hydroxylation is 1. The van der Waals surface area contributed by atoms with Crippen molar-refractivity contribution in [2.45, 2.75) is 19.8 Å². The van der Waals surface area contributed by atoms with Crippen molar-refractivity contribution in [3.8, 4) is 34.5 Å². The Kier molecular flexibility index (Phi) is 5.06. The molecule has 0 bridgehead atoms. The molecule has 0 aliphatic rings. The number of benzene rings is 2. The quantitative estimate of drug-likeness (QED) is 0.482. The van der Waals surface area contributed by atoms with E-state index in [4.69, 9.17) is 13.3 Å². The summed E-state index contributed by atoms with van der Waals surface area (Å²) in [6.45, 7) is 2.08.